The van der Waals surface area contributed by atoms with Crippen molar-refractivity contribution in [3.05, 3.63) is 39.7 Å². The van der Waals surface area contributed by atoms with Gasteiger partial charge in [0.15, 0.2) is 0 Å². The van der Waals surface area contributed by atoms with Gasteiger partial charge in [0.25, 0.3) is 0 Å². The van der Waals surface area contributed by atoms with Gasteiger partial charge in [0, 0.05) is 43.2 Å². The summed E-state index contributed by atoms with van der Waals surface area (Å²) < 4.78 is 0. The van der Waals surface area contributed by atoms with Gasteiger partial charge in [-0.05, 0) is 20.8 Å². The van der Waals surface area contributed by atoms with Gasteiger partial charge in [-0.2, -0.15) is 0 Å². The number of thiazole rings is 1. The van der Waals surface area contributed by atoms with Crippen LogP contribution in [0.25, 0.3) is 11.3 Å². The number of aromatic nitrogens is 1. The number of carbonyl (C=O) groups is 2. The van der Waals surface area contributed by atoms with Crippen LogP contribution in [0, 0.1) is 13.8 Å². The third-order valence-corrected chi connectivity index (χ3v) is 5.66. The van der Waals surface area contributed by atoms with Crippen LogP contribution < -0.4 is 5.32 Å². The molecule has 6 nitrogen and oxygen atoms in total. The summed E-state index contributed by atoms with van der Waals surface area (Å²) in [5, 5.41) is 3.78. The van der Waals surface area contributed by atoms with Crippen molar-refractivity contribution in [1.29, 1.82) is 0 Å². The quantitative estimate of drug-likeness (QED) is 0.879. The number of hydrogen-bond donors (Lipinski definition) is 1. The van der Waals surface area contributed by atoms with Crippen LogP contribution in [0.4, 0.5) is 4.79 Å². The number of rotatable bonds is 4. The Labute approximate surface area is 164 Å². The highest BCUT2D eigenvalue weighted by Gasteiger charge is 2.25. The Morgan fingerprint density at radius 3 is 2.33 bits per heavy atom. The summed E-state index contributed by atoms with van der Waals surface area (Å²) in [6.07, 6.45) is 0.357. The highest BCUT2D eigenvalue weighted by atomic mass is 32.1. The number of aryl methyl sites for hydroxylation is 2. The lowest BCUT2D eigenvalue weighted by Crippen LogP contribution is -2.53. The molecule has 1 N–H and O–H groups in total. The summed E-state index contributed by atoms with van der Waals surface area (Å²) in [7, 11) is 0. The Hall–Kier alpha value is -2.41. The smallest absolute Gasteiger partial charge is 0.317 e. The summed E-state index contributed by atoms with van der Waals surface area (Å²) in [5.74, 6) is 0.0996. The Morgan fingerprint density at radius 2 is 1.70 bits per heavy atom. The zero-order chi connectivity index (χ0) is 19.4. The van der Waals surface area contributed by atoms with Crippen molar-refractivity contribution >= 4 is 23.3 Å². The molecule has 0 saturated carbocycles. The minimum atomic E-state index is -0.0515. The van der Waals surface area contributed by atoms with E-state index in [-0.39, 0.29) is 11.9 Å². The number of piperazine rings is 1. The maximum atomic E-state index is 12.8. The van der Waals surface area contributed by atoms with Crippen LogP contribution >= 0.6 is 11.3 Å². The van der Waals surface area contributed by atoms with Gasteiger partial charge in [-0.1, -0.05) is 29.8 Å². The van der Waals surface area contributed by atoms with Gasteiger partial charge < -0.3 is 15.1 Å². The summed E-state index contributed by atoms with van der Waals surface area (Å²) in [5.41, 5.74) is 3.16. The first-order valence-corrected chi connectivity index (χ1v) is 10.1. The molecule has 0 unspecified atom stereocenters. The Balaban J connectivity index is 1.65. The average Bonchev–Trinajstić information content (AvgIpc) is 3.02. The molecule has 3 amide bonds. The molecular formula is C20H26N4O2S. The molecule has 2 aromatic rings. The highest BCUT2D eigenvalue weighted by molar-refractivity contribution is 7.12. The second kappa shape index (κ2) is 8.52. The van der Waals surface area contributed by atoms with E-state index < -0.39 is 0 Å². The molecule has 1 fully saturated rings. The largest absolute Gasteiger partial charge is 0.339 e. The van der Waals surface area contributed by atoms with Gasteiger partial charge in [-0.15, -0.1) is 11.3 Å². The third-order valence-electron chi connectivity index (χ3n) is 4.69. The van der Waals surface area contributed by atoms with Crippen molar-refractivity contribution in [3.8, 4) is 11.3 Å². The van der Waals surface area contributed by atoms with Crippen molar-refractivity contribution in [3.63, 3.8) is 0 Å². The first-order valence-electron chi connectivity index (χ1n) is 9.31. The lowest BCUT2D eigenvalue weighted by atomic mass is 10.1. The summed E-state index contributed by atoms with van der Waals surface area (Å²) in [4.78, 5) is 34.0. The van der Waals surface area contributed by atoms with Crippen molar-refractivity contribution in [2.45, 2.75) is 27.2 Å². The van der Waals surface area contributed by atoms with Gasteiger partial charge in [-0.25, -0.2) is 9.78 Å². The van der Waals surface area contributed by atoms with Gasteiger partial charge in [-0.3, -0.25) is 4.79 Å². The van der Waals surface area contributed by atoms with Crippen LogP contribution in [0.3, 0.4) is 0 Å². The maximum absolute atomic E-state index is 12.8. The Morgan fingerprint density at radius 1 is 1.07 bits per heavy atom. The lowest BCUT2D eigenvalue weighted by molar-refractivity contribution is -0.131. The second-order valence-electron chi connectivity index (χ2n) is 6.75. The van der Waals surface area contributed by atoms with Gasteiger partial charge in [0.1, 0.15) is 0 Å². The molecular weight excluding hydrogens is 360 g/mol. The molecule has 0 spiro atoms. The topological polar surface area (TPSA) is 65.5 Å². The summed E-state index contributed by atoms with van der Waals surface area (Å²) in [6, 6.07) is 8.20. The molecule has 1 aromatic carbocycles. The fraction of sp³-hybridized carbons (Fsp3) is 0.450. The monoisotopic (exact) mass is 386 g/mol. The summed E-state index contributed by atoms with van der Waals surface area (Å²) >= 11 is 1.58. The number of carbonyl (C=O) groups excluding carboxylic acids is 2. The Bertz CT molecular complexity index is 808. The normalized spacial score (nSPS) is 14.3. The average molecular weight is 387 g/mol. The van der Waals surface area contributed by atoms with Crippen LogP contribution in [0.2, 0.25) is 0 Å². The molecule has 0 aliphatic carbocycles. The van der Waals surface area contributed by atoms with Crippen LogP contribution in [-0.4, -0.2) is 59.4 Å². The molecule has 144 valence electrons. The number of nitrogens with zero attached hydrogens (tertiary/aromatic N) is 3. The fourth-order valence-corrected chi connectivity index (χ4v) is 4.15. The van der Waals surface area contributed by atoms with Crippen molar-refractivity contribution in [2.24, 2.45) is 0 Å². The molecule has 2 heterocycles. The van der Waals surface area contributed by atoms with Gasteiger partial charge in [0.2, 0.25) is 5.91 Å². The zero-order valence-corrected chi connectivity index (χ0v) is 16.9. The number of amides is 3. The van der Waals surface area contributed by atoms with Gasteiger partial charge in [0.05, 0.1) is 17.1 Å². The minimum absolute atomic E-state index is 0.0515. The van der Waals surface area contributed by atoms with Crippen LogP contribution in [0.1, 0.15) is 22.4 Å². The van der Waals surface area contributed by atoms with E-state index in [2.05, 4.69) is 41.5 Å². The summed E-state index contributed by atoms with van der Waals surface area (Å²) in [6.45, 7) is 8.85. The molecule has 1 aromatic heterocycles. The third kappa shape index (κ3) is 4.66. The number of benzene rings is 1. The van der Waals surface area contributed by atoms with E-state index in [9.17, 15) is 9.59 Å². The molecule has 0 bridgehead atoms. The van der Waals surface area contributed by atoms with E-state index >= 15 is 0 Å². The lowest BCUT2D eigenvalue weighted by Gasteiger charge is -2.34. The highest BCUT2D eigenvalue weighted by Crippen LogP contribution is 2.29. The standard InChI is InChI=1S/C20H26N4O2S/c1-4-21-20(26)24-11-9-23(10-12-24)18(25)13-17-19(22-15(3)27-17)16-7-5-14(2)6-8-16/h5-8H,4,9-13H2,1-3H3,(H,21,26). The van der Waals surface area contributed by atoms with E-state index in [0.717, 1.165) is 21.1 Å². The van der Waals surface area contributed by atoms with E-state index in [4.69, 9.17) is 0 Å². The first kappa shape index (κ1) is 19.4. The molecule has 0 atom stereocenters. The SMILES string of the molecule is CCNC(=O)N1CCN(C(=O)Cc2sc(C)nc2-c2ccc(C)cc2)CC1. The van der Waals surface area contributed by atoms with Crippen LogP contribution in [0.5, 0.6) is 0 Å². The minimum Gasteiger partial charge on any atom is -0.339 e. The molecule has 0 radical (unpaired) electrons. The molecule has 1 saturated heterocycles. The van der Waals surface area contributed by atoms with Gasteiger partial charge >= 0.3 is 6.03 Å². The van der Waals surface area contributed by atoms with E-state index in [1.165, 1.54) is 5.56 Å². The predicted octanol–water partition coefficient (Wildman–Crippen LogP) is 2.84. The van der Waals surface area contributed by atoms with Crippen molar-refractivity contribution in [1.82, 2.24) is 20.1 Å². The molecule has 1 aliphatic heterocycles. The Kier molecular flexibility index (Phi) is 6.11. The fourth-order valence-electron chi connectivity index (χ4n) is 3.20. The number of nitrogens with one attached hydrogen (secondary N) is 1. The van der Waals surface area contributed by atoms with Crippen molar-refractivity contribution < 1.29 is 9.59 Å². The first-order chi connectivity index (χ1) is 13.0. The molecule has 1 aliphatic rings. The molecule has 3 rings (SSSR count). The zero-order valence-electron chi connectivity index (χ0n) is 16.1. The van der Waals surface area contributed by atoms with E-state index in [1.807, 2.05) is 18.7 Å². The van der Waals surface area contributed by atoms with E-state index in [1.54, 1.807) is 16.2 Å². The van der Waals surface area contributed by atoms with Crippen LogP contribution in [0.15, 0.2) is 24.3 Å². The maximum Gasteiger partial charge on any atom is 0.317 e. The van der Waals surface area contributed by atoms with Crippen molar-refractivity contribution in [2.75, 3.05) is 32.7 Å². The predicted molar refractivity (Wildman–Crippen MR) is 108 cm³/mol. The number of urea groups is 1. The molecule has 27 heavy (non-hydrogen) atoms. The molecule has 7 heteroatoms. The number of hydrogen-bond acceptors (Lipinski definition) is 4. The second-order valence-corrected chi connectivity index (χ2v) is 8.04. The van der Waals surface area contributed by atoms with E-state index in [0.29, 0.717) is 39.1 Å². The van der Waals surface area contributed by atoms with Crippen LogP contribution in [-0.2, 0) is 11.2 Å².